The molecule has 1 saturated carbocycles. The Balaban J connectivity index is 1.55. The lowest BCUT2D eigenvalue weighted by Crippen LogP contribution is -2.34. The lowest BCUT2D eigenvalue weighted by Gasteiger charge is -2.23. The van der Waals surface area contributed by atoms with Crippen molar-refractivity contribution in [3.05, 3.63) is 39.9 Å². The number of nitrogens with one attached hydrogen (secondary N) is 1. The smallest absolute Gasteiger partial charge is 0.261 e. The van der Waals surface area contributed by atoms with Gasteiger partial charge in [0.05, 0.1) is 10.9 Å². The van der Waals surface area contributed by atoms with Gasteiger partial charge in [-0.15, -0.1) is 0 Å². The van der Waals surface area contributed by atoms with Crippen LogP contribution in [0.5, 0.6) is 0 Å². The summed E-state index contributed by atoms with van der Waals surface area (Å²) in [7, 11) is 0. The second-order valence-electron chi connectivity index (χ2n) is 8.81. The molecule has 6 nitrogen and oxygen atoms in total. The van der Waals surface area contributed by atoms with E-state index in [-0.39, 0.29) is 11.5 Å². The molecule has 0 atom stereocenters. The predicted octanol–water partition coefficient (Wildman–Crippen LogP) is 2.97. The van der Waals surface area contributed by atoms with E-state index in [1.165, 1.54) is 32.1 Å². The molecule has 156 valence electrons. The molecule has 4 rings (SSSR count). The summed E-state index contributed by atoms with van der Waals surface area (Å²) < 4.78 is 1.81. The third-order valence-corrected chi connectivity index (χ3v) is 6.54. The summed E-state index contributed by atoms with van der Waals surface area (Å²) >= 11 is 0. The molecule has 1 aromatic carbocycles. The first kappa shape index (κ1) is 20.1. The predicted molar refractivity (Wildman–Crippen MR) is 115 cm³/mol. The van der Waals surface area contributed by atoms with Gasteiger partial charge in [0.2, 0.25) is 0 Å². The maximum absolute atomic E-state index is 13.0. The van der Waals surface area contributed by atoms with Crippen molar-refractivity contribution in [1.82, 2.24) is 19.8 Å². The molecule has 1 aliphatic carbocycles. The number of nitrogens with zero attached hydrogens (tertiary/aromatic N) is 3. The van der Waals surface area contributed by atoms with E-state index in [0.29, 0.717) is 35.0 Å². The highest BCUT2D eigenvalue weighted by molar-refractivity contribution is 5.97. The molecule has 0 spiro atoms. The second-order valence-corrected chi connectivity index (χ2v) is 8.81. The SMILES string of the molecule is CC(C)N1CCc2nc3cc(C(=O)NCC4CCCCC4)ccc3c(=O)n2CC1. The van der Waals surface area contributed by atoms with Crippen LogP contribution in [0.4, 0.5) is 0 Å². The molecule has 1 fully saturated rings. The molecular formula is C23H32N4O2. The van der Waals surface area contributed by atoms with Crippen molar-refractivity contribution < 1.29 is 4.79 Å². The number of hydrogen-bond acceptors (Lipinski definition) is 4. The molecule has 0 radical (unpaired) electrons. The molecule has 1 aliphatic heterocycles. The van der Waals surface area contributed by atoms with Crippen LogP contribution in [0.3, 0.4) is 0 Å². The Bertz CT molecular complexity index is 944. The van der Waals surface area contributed by atoms with Crippen molar-refractivity contribution in [2.24, 2.45) is 5.92 Å². The first-order chi connectivity index (χ1) is 14.0. The number of aromatic nitrogens is 2. The van der Waals surface area contributed by atoms with Crippen molar-refractivity contribution in [1.29, 1.82) is 0 Å². The molecule has 29 heavy (non-hydrogen) atoms. The first-order valence-corrected chi connectivity index (χ1v) is 11.1. The van der Waals surface area contributed by atoms with E-state index >= 15 is 0 Å². The fourth-order valence-corrected chi connectivity index (χ4v) is 4.66. The number of fused-ring (bicyclic) bond motifs is 2. The van der Waals surface area contributed by atoms with Gasteiger partial charge in [0.1, 0.15) is 5.82 Å². The van der Waals surface area contributed by atoms with Gasteiger partial charge in [-0.2, -0.15) is 0 Å². The summed E-state index contributed by atoms with van der Waals surface area (Å²) in [5, 5.41) is 3.67. The Hall–Kier alpha value is -2.21. The monoisotopic (exact) mass is 396 g/mol. The average Bonchev–Trinajstić information content (AvgIpc) is 2.95. The van der Waals surface area contributed by atoms with Crippen LogP contribution in [0.25, 0.3) is 10.9 Å². The highest BCUT2D eigenvalue weighted by Crippen LogP contribution is 2.23. The molecule has 2 heterocycles. The van der Waals surface area contributed by atoms with Crippen LogP contribution in [0, 0.1) is 5.92 Å². The van der Waals surface area contributed by atoms with Crippen molar-refractivity contribution in [3.8, 4) is 0 Å². The number of hydrogen-bond donors (Lipinski definition) is 1. The maximum Gasteiger partial charge on any atom is 0.261 e. The van der Waals surface area contributed by atoms with Gasteiger partial charge in [-0.3, -0.25) is 19.1 Å². The topological polar surface area (TPSA) is 67.2 Å². The van der Waals surface area contributed by atoms with E-state index in [4.69, 9.17) is 4.98 Å². The lowest BCUT2D eigenvalue weighted by atomic mass is 9.89. The molecule has 2 aromatic rings. The quantitative estimate of drug-likeness (QED) is 0.863. The largest absolute Gasteiger partial charge is 0.352 e. The van der Waals surface area contributed by atoms with Crippen molar-refractivity contribution in [2.75, 3.05) is 19.6 Å². The van der Waals surface area contributed by atoms with E-state index in [0.717, 1.165) is 31.9 Å². The van der Waals surface area contributed by atoms with E-state index in [1.54, 1.807) is 18.2 Å². The van der Waals surface area contributed by atoms with E-state index in [9.17, 15) is 9.59 Å². The van der Waals surface area contributed by atoms with Gasteiger partial charge < -0.3 is 5.32 Å². The third kappa shape index (κ3) is 4.37. The van der Waals surface area contributed by atoms with Crippen molar-refractivity contribution >= 4 is 16.8 Å². The normalized spacial score (nSPS) is 18.6. The highest BCUT2D eigenvalue weighted by Gasteiger charge is 2.20. The average molecular weight is 397 g/mol. The molecule has 6 heteroatoms. The summed E-state index contributed by atoms with van der Waals surface area (Å²) in [5.74, 6) is 1.35. The Morgan fingerprint density at radius 2 is 1.97 bits per heavy atom. The van der Waals surface area contributed by atoms with Crippen molar-refractivity contribution in [3.63, 3.8) is 0 Å². The molecule has 0 unspecified atom stereocenters. The van der Waals surface area contributed by atoms with Crippen molar-refractivity contribution in [2.45, 2.75) is 65.0 Å². The molecule has 0 bridgehead atoms. The minimum absolute atomic E-state index is 0.00442. The van der Waals surface area contributed by atoms with Gasteiger partial charge >= 0.3 is 0 Å². The van der Waals surface area contributed by atoms with Gasteiger partial charge in [-0.05, 0) is 50.8 Å². The van der Waals surface area contributed by atoms with Crippen LogP contribution in [0.2, 0.25) is 0 Å². The fraction of sp³-hybridized carbons (Fsp3) is 0.609. The van der Waals surface area contributed by atoms with Gasteiger partial charge in [0, 0.05) is 44.2 Å². The van der Waals surface area contributed by atoms with Crippen LogP contribution < -0.4 is 10.9 Å². The third-order valence-electron chi connectivity index (χ3n) is 6.54. The zero-order valence-electron chi connectivity index (χ0n) is 17.6. The summed E-state index contributed by atoms with van der Waals surface area (Å²) in [6.45, 7) is 7.53. The second kappa shape index (κ2) is 8.66. The zero-order valence-corrected chi connectivity index (χ0v) is 17.6. The van der Waals surface area contributed by atoms with Gasteiger partial charge in [0.15, 0.2) is 0 Å². The van der Waals surface area contributed by atoms with E-state index < -0.39 is 0 Å². The molecular weight excluding hydrogens is 364 g/mol. The molecule has 1 amide bonds. The number of carbonyl (C=O) groups excluding carboxylic acids is 1. The number of rotatable bonds is 4. The van der Waals surface area contributed by atoms with Crippen LogP contribution in [0.15, 0.2) is 23.0 Å². The lowest BCUT2D eigenvalue weighted by molar-refractivity contribution is 0.0943. The van der Waals surface area contributed by atoms with Crippen LogP contribution >= 0.6 is 0 Å². The molecule has 0 saturated heterocycles. The van der Waals surface area contributed by atoms with Crippen LogP contribution in [-0.4, -0.2) is 46.0 Å². The number of benzene rings is 1. The Morgan fingerprint density at radius 3 is 2.72 bits per heavy atom. The Kier molecular flexibility index (Phi) is 5.99. The fourth-order valence-electron chi connectivity index (χ4n) is 4.66. The van der Waals surface area contributed by atoms with E-state index in [1.807, 2.05) is 4.57 Å². The van der Waals surface area contributed by atoms with E-state index in [2.05, 4.69) is 24.1 Å². The van der Waals surface area contributed by atoms with Gasteiger partial charge in [0.25, 0.3) is 11.5 Å². The number of amides is 1. The summed E-state index contributed by atoms with van der Waals surface area (Å²) in [4.78, 5) is 32.8. The minimum Gasteiger partial charge on any atom is -0.352 e. The number of carbonyl (C=O) groups is 1. The van der Waals surface area contributed by atoms with Crippen LogP contribution in [0.1, 0.15) is 62.1 Å². The Morgan fingerprint density at radius 1 is 1.17 bits per heavy atom. The maximum atomic E-state index is 13.0. The summed E-state index contributed by atoms with van der Waals surface area (Å²) in [6.07, 6.45) is 7.01. The standard InChI is InChI=1S/C23H32N4O2/c1-16(2)26-11-10-21-25-20-14-18(8-9-19(20)23(29)27(21)13-12-26)22(28)24-15-17-6-4-3-5-7-17/h8-9,14,16-17H,3-7,10-13,15H2,1-2H3,(H,24,28). The zero-order chi connectivity index (χ0) is 20.4. The van der Waals surface area contributed by atoms with Crippen LogP contribution in [-0.2, 0) is 13.0 Å². The minimum atomic E-state index is -0.0692. The van der Waals surface area contributed by atoms with Gasteiger partial charge in [-0.1, -0.05) is 19.3 Å². The molecule has 2 aliphatic rings. The molecule has 1 aromatic heterocycles. The highest BCUT2D eigenvalue weighted by atomic mass is 16.1. The first-order valence-electron chi connectivity index (χ1n) is 11.1. The summed E-state index contributed by atoms with van der Waals surface area (Å²) in [5.41, 5.74) is 1.22. The Labute approximate surface area is 172 Å². The molecule has 1 N–H and O–H groups in total. The summed E-state index contributed by atoms with van der Waals surface area (Å²) in [6, 6.07) is 5.75. The van der Waals surface area contributed by atoms with Gasteiger partial charge in [-0.25, -0.2) is 4.98 Å².